The molecule has 0 bridgehead atoms. The van der Waals surface area contributed by atoms with Gasteiger partial charge in [0.15, 0.2) is 0 Å². The first-order valence-electron chi connectivity index (χ1n) is 9.61. The second-order valence-electron chi connectivity index (χ2n) is 7.44. The predicted octanol–water partition coefficient (Wildman–Crippen LogP) is 1.82. The third-order valence-corrected chi connectivity index (χ3v) is 5.63. The fraction of sp³-hybridized carbons (Fsp3) is 0.650. The average molecular weight is 345 g/mol. The summed E-state index contributed by atoms with van der Waals surface area (Å²) >= 11 is 0. The van der Waals surface area contributed by atoms with E-state index < -0.39 is 0 Å². The van der Waals surface area contributed by atoms with E-state index in [1.807, 2.05) is 4.90 Å². The molecule has 138 valence electrons. The number of piperidine rings is 1. The summed E-state index contributed by atoms with van der Waals surface area (Å²) in [6, 6.07) is 10.6. The molecule has 5 heteroatoms. The van der Waals surface area contributed by atoms with Crippen LogP contribution in [0.15, 0.2) is 30.3 Å². The lowest BCUT2D eigenvalue weighted by Crippen LogP contribution is -2.47. The zero-order valence-corrected chi connectivity index (χ0v) is 15.3. The number of anilines is 1. The molecule has 2 atom stereocenters. The number of hydrogen-bond donors (Lipinski definition) is 1. The van der Waals surface area contributed by atoms with Gasteiger partial charge in [-0.2, -0.15) is 0 Å². The van der Waals surface area contributed by atoms with Gasteiger partial charge in [-0.3, -0.25) is 9.69 Å². The number of carbonyl (C=O) groups excluding carboxylic acids is 1. The Morgan fingerprint density at radius 3 is 2.52 bits per heavy atom. The largest absolute Gasteiger partial charge is 0.391 e. The van der Waals surface area contributed by atoms with Crippen LogP contribution in [0.2, 0.25) is 0 Å². The number of rotatable bonds is 5. The van der Waals surface area contributed by atoms with Crippen LogP contribution in [0, 0.1) is 5.92 Å². The molecule has 1 aromatic rings. The summed E-state index contributed by atoms with van der Waals surface area (Å²) in [5, 5.41) is 9.94. The standard InChI is InChI=1S/C20H31N3O2/c1-17-9-11-23(16-19(17)24)20(25)8-5-10-21-12-14-22(15-13-21)18-6-3-2-4-7-18/h2-4,6-7,17,19,24H,5,8-16H2,1H3. The van der Waals surface area contributed by atoms with E-state index in [9.17, 15) is 9.90 Å². The van der Waals surface area contributed by atoms with Crippen molar-refractivity contribution < 1.29 is 9.90 Å². The number of β-amino-alcohol motifs (C(OH)–C–C–N with tert-alkyl or cyclic N) is 1. The highest BCUT2D eigenvalue weighted by molar-refractivity contribution is 5.76. The number of aliphatic hydroxyl groups excluding tert-OH is 1. The Bertz CT molecular complexity index is 543. The fourth-order valence-corrected chi connectivity index (χ4v) is 3.76. The van der Waals surface area contributed by atoms with Crippen molar-refractivity contribution in [3.8, 4) is 0 Å². The predicted molar refractivity (Wildman–Crippen MR) is 101 cm³/mol. The molecule has 2 fully saturated rings. The lowest BCUT2D eigenvalue weighted by atomic mass is 9.96. The van der Waals surface area contributed by atoms with Crippen molar-refractivity contribution in [1.82, 2.24) is 9.80 Å². The van der Waals surface area contributed by atoms with Gasteiger partial charge in [-0.25, -0.2) is 0 Å². The molecule has 1 amide bonds. The van der Waals surface area contributed by atoms with Crippen LogP contribution in [0.4, 0.5) is 5.69 Å². The molecule has 2 aliphatic heterocycles. The van der Waals surface area contributed by atoms with Gasteiger partial charge >= 0.3 is 0 Å². The molecule has 0 aromatic heterocycles. The maximum atomic E-state index is 12.3. The van der Waals surface area contributed by atoms with Gasteiger partial charge < -0.3 is 14.9 Å². The minimum Gasteiger partial charge on any atom is -0.391 e. The first kappa shape index (κ1) is 18.2. The number of hydrogen-bond acceptors (Lipinski definition) is 4. The summed E-state index contributed by atoms with van der Waals surface area (Å²) in [6.07, 6.45) is 2.06. The molecule has 2 unspecified atom stereocenters. The molecule has 2 aliphatic rings. The van der Waals surface area contributed by atoms with Crippen molar-refractivity contribution in [3.05, 3.63) is 30.3 Å². The summed E-state index contributed by atoms with van der Waals surface area (Å²) < 4.78 is 0. The van der Waals surface area contributed by atoms with Crippen LogP contribution >= 0.6 is 0 Å². The van der Waals surface area contributed by atoms with Gasteiger partial charge in [0, 0.05) is 51.4 Å². The van der Waals surface area contributed by atoms with E-state index in [0.717, 1.165) is 52.1 Å². The lowest BCUT2D eigenvalue weighted by molar-refractivity contribution is -0.135. The van der Waals surface area contributed by atoms with Crippen LogP contribution in [0.3, 0.4) is 0 Å². The molecular weight excluding hydrogens is 314 g/mol. The highest BCUT2D eigenvalue weighted by Gasteiger charge is 2.27. The molecule has 0 aliphatic carbocycles. The molecule has 1 aromatic carbocycles. The Kier molecular flexibility index (Phi) is 6.32. The van der Waals surface area contributed by atoms with E-state index in [1.165, 1.54) is 5.69 Å². The summed E-state index contributed by atoms with van der Waals surface area (Å²) in [5.41, 5.74) is 1.30. The van der Waals surface area contributed by atoms with Crippen LogP contribution < -0.4 is 4.90 Å². The van der Waals surface area contributed by atoms with Crippen LogP contribution in [-0.2, 0) is 4.79 Å². The van der Waals surface area contributed by atoms with E-state index >= 15 is 0 Å². The van der Waals surface area contributed by atoms with Crippen LogP contribution in [0.25, 0.3) is 0 Å². The molecule has 0 radical (unpaired) electrons. The Balaban J connectivity index is 1.34. The Hall–Kier alpha value is -1.59. The number of piperazine rings is 1. The molecule has 0 saturated carbocycles. The van der Waals surface area contributed by atoms with E-state index in [0.29, 0.717) is 18.9 Å². The first-order valence-corrected chi connectivity index (χ1v) is 9.61. The molecule has 2 saturated heterocycles. The van der Waals surface area contributed by atoms with Crippen LogP contribution in [0.1, 0.15) is 26.2 Å². The molecule has 0 spiro atoms. The Morgan fingerprint density at radius 2 is 1.84 bits per heavy atom. The first-order chi connectivity index (χ1) is 12.1. The fourth-order valence-electron chi connectivity index (χ4n) is 3.76. The topological polar surface area (TPSA) is 47.0 Å². The number of benzene rings is 1. The molecule has 3 rings (SSSR count). The molecule has 1 N–H and O–H groups in total. The van der Waals surface area contributed by atoms with E-state index in [2.05, 4.69) is 47.1 Å². The second-order valence-corrected chi connectivity index (χ2v) is 7.44. The SMILES string of the molecule is CC1CCN(C(=O)CCCN2CCN(c3ccccc3)CC2)CC1O. The molecule has 2 heterocycles. The molecule has 25 heavy (non-hydrogen) atoms. The summed E-state index contributed by atoms with van der Waals surface area (Å²) in [4.78, 5) is 19.0. The molecular formula is C20H31N3O2. The van der Waals surface area contributed by atoms with Crippen molar-refractivity contribution in [1.29, 1.82) is 0 Å². The van der Waals surface area contributed by atoms with Gasteiger partial charge in [0.1, 0.15) is 0 Å². The third-order valence-electron chi connectivity index (χ3n) is 5.63. The number of nitrogens with zero attached hydrogens (tertiary/aromatic N) is 3. The Labute approximate surface area is 151 Å². The number of aliphatic hydroxyl groups is 1. The zero-order valence-electron chi connectivity index (χ0n) is 15.3. The minimum absolute atomic E-state index is 0.203. The van der Waals surface area contributed by atoms with Gasteiger partial charge in [-0.05, 0) is 37.4 Å². The zero-order chi connectivity index (χ0) is 17.6. The van der Waals surface area contributed by atoms with E-state index in [-0.39, 0.29) is 12.0 Å². The van der Waals surface area contributed by atoms with Crippen molar-refractivity contribution in [2.75, 3.05) is 50.7 Å². The number of amides is 1. The maximum Gasteiger partial charge on any atom is 0.222 e. The third kappa shape index (κ3) is 4.95. The minimum atomic E-state index is -0.358. The van der Waals surface area contributed by atoms with Crippen LogP contribution in [0.5, 0.6) is 0 Å². The summed E-state index contributed by atoms with van der Waals surface area (Å²) in [6.45, 7) is 8.57. The van der Waals surface area contributed by atoms with E-state index in [1.54, 1.807) is 0 Å². The van der Waals surface area contributed by atoms with Crippen molar-refractivity contribution >= 4 is 11.6 Å². The summed E-state index contributed by atoms with van der Waals surface area (Å²) in [5.74, 6) is 0.513. The summed E-state index contributed by atoms with van der Waals surface area (Å²) in [7, 11) is 0. The maximum absolute atomic E-state index is 12.3. The Morgan fingerprint density at radius 1 is 1.12 bits per heavy atom. The molecule has 5 nitrogen and oxygen atoms in total. The van der Waals surface area contributed by atoms with Gasteiger partial charge in [-0.1, -0.05) is 25.1 Å². The number of likely N-dealkylation sites (tertiary alicyclic amines) is 1. The van der Waals surface area contributed by atoms with Crippen LogP contribution in [-0.4, -0.2) is 72.7 Å². The van der Waals surface area contributed by atoms with Gasteiger partial charge in [0.25, 0.3) is 0 Å². The monoisotopic (exact) mass is 345 g/mol. The highest BCUT2D eigenvalue weighted by Crippen LogP contribution is 2.18. The smallest absolute Gasteiger partial charge is 0.222 e. The normalized spacial score (nSPS) is 25.2. The quantitative estimate of drug-likeness (QED) is 0.884. The van der Waals surface area contributed by atoms with Gasteiger partial charge in [0.2, 0.25) is 5.91 Å². The van der Waals surface area contributed by atoms with Gasteiger partial charge in [0.05, 0.1) is 6.10 Å². The number of carbonyl (C=O) groups is 1. The second kappa shape index (κ2) is 8.68. The van der Waals surface area contributed by atoms with Crippen molar-refractivity contribution in [2.24, 2.45) is 5.92 Å². The van der Waals surface area contributed by atoms with Gasteiger partial charge in [-0.15, -0.1) is 0 Å². The lowest BCUT2D eigenvalue weighted by Gasteiger charge is -2.36. The highest BCUT2D eigenvalue weighted by atomic mass is 16.3. The number of para-hydroxylation sites is 1. The van der Waals surface area contributed by atoms with Crippen molar-refractivity contribution in [3.63, 3.8) is 0 Å². The van der Waals surface area contributed by atoms with Crippen molar-refractivity contribution in [2.45, 2.75) is 32.3 Å². The average Bonchev–Trinajstić information content (AvgIpc) is 2.65. The van der Waals surface area contributed by atoms with E-state index in [4.69, 9.17) is 0 Å².